The maximum atomic E-state index is 13.0. The van der Waals surface area contributed by atoms with Crippen molar-refractivity contribution in [2.45, 2.75) is 33.4 Å². The van der Waals surface area contributed by atoms with Gasteiger partial charge >= 0.3 is 0 Å². The molecular weight excluding hydrogens is 394 g/mol. The number of likely N-dealkylation sites (tertiary alicyclic amines) is 1. The fraction of sp³-hybridized carbons (Fsp3) is 0.435. The SMILES string of the molecule is CCN(CC)CCn1c(NC(=O)C2CC(=O)N(Cc3ccco3)C2)nc2ccccc21. The number of hydrogen-bond donors (Lipinski definition) is 1. The lowest BCUT2D eigenvalue weighted by Crippen LogP contribution is -2.30. The first kappa shape index (κ1) is 21.1. The Balaban J connectivity index is 1.48. The highest BCUT2D eigenvalue weighted by atomic mass is 16.3. The van der Waals surface area contributed by atoms with Crippen LogP contribution in [0.3, 0.4) is 0 Å². The van der Waals surface area contributed by atoms with E-state index < -0.39 is 5.92 Å². The number of furan rings is 1. The molecule has 1 fully saturated rings. The maximum absolute atomic E-state index is 13.0. The Labute approximate surface area is 181 Å². The van der Waals surface area contributed by atoms with Gasteiger partial charge in [-0.05, 0) is 37.4 Å². The minimum Gasteiger partial charge on any atom is -0.467 e. The highest BCUT2D eigenvalue weighted by Gasteiger charge is 2.35. The number of para-hydroxylation sites is 2. The van der Waals surface area contributed by atoms with Crippen LogP contribution in [0.2, 0.25) is 0 Å². The van der Waals surface area contributed by atoms with Crippen molar-refractivity contribution in [3.8, 4) is 0 Å². The molecule has 1 unspecified atom stereocenters. The molecule has 1 aliphatic heterocycles. The van der Waals surface area contributed by atoms with Crippen molar-refractivity contribution in [2.24, 2.45) is 5.92 Å². The molecule has 8 heteroatoms. The minimum atomic E-state index is -0.404. The van der Waals surface area contributed by atoms with Gasteiger partial charge in [-0.15, -0.1) is 0 Å². The zero-order chi connectivity index (χ0) is 21.8. The second kappa shape index (κ2) is 9.34. The van der Waals surface area contributed by atoms with Crippen LogP contribution in [0.25, 0.3) is 11.0 Å². The second-order valence-electron chi connectivity index (χ2n) is 7.85. The third-order valence-electron chi connectivity index (χ3n) is 5.94. The Morgan fingerprint density at radius 3 is 2.77 bits per heavy atom. The Hall–Kier alpha value is -3.13. The summed E-state index contributed by atoms with van der Waals surface area (Å²) in [5.74, 6) is 0.641. The van der Waals surface area contributed by atoms with Gasteiger partial charge in [0.2, 0.25) is 17.8 Å². The summed E-state index contributed by atoms with van der Waals surface area (Å²) in [7, 11) is 0. The van der Waals surface area contributed by atoms with Crippen molar-refractivity contribution in [3.63, 3.8) is 0 Å². The van der Waals surface area contributed by atoms with Gasteiger partial charge in [-0.1, -0.05) is 26.0 Å². The molecule has 3 heterocycles. The van der Waals surface area contributed by atoms with E-state index in [1.165, 1.54) is 0 Å². The number of hydrogen-bond acceptors (Lipinski definition) is 5. The molecule has 164 valence electrons. The molecular formula is C23H29N5O3. The van der Waals surface area contributed by atoms with Crippen LogP contribution < -0.4 is 5.32 Å². The van der Waals surface area contributed by atoms with Gasteiger partial charge in [-0.3, -0.25) is 14.9 Å². The molecule has 2 aromatic heterocycles. The smallest absolute Gasteiger partial charge is 0.232 e. The predicted octanol–water partition coefficient (Wildman–Crippen LogP) is 2.96. The van der Waals surface area contributed by atoms with Crippen molar-refractivity contribution in [3.05, 3.63) is 48.4 Å². The van der Waals surface area contributed by atoms with Gasteiger partial charge in [0.1, 0.15) is 5.76 Å². The molecule has 0 bridgehead atoms. The molecule has 1 atom stereocenters. The van der Waals surface area contributed by atoms with E-state index in [2.05, 4.69) is 33.6 Å². The van der Waals surface area contributed by atoms with E-state index in [-0.39, 0.29) is 18.2 Å². The fourth-order valence-corrected chi connectivity index (χ4v) is 4.08. The summed E-state index contributed by atoms with van der Waals surface area (Å²) in [6.45, 7) is 8.60. The molecule has 2 amide bonds. The Kier molecular flexibility index (Phi) is 6.36. The molecule has 4 rings (SSSR count). The van der Waals surface area contributed by atoms with Crippen molar-refractivity contribution < 1.29 is 14.0 Å². The monoisotopic (exact) mass is 423 g/mol. The summed E-state index contributed by atoms with van der Waals surface area (Å²) in [5.41, 5.74) is 1.84. The number of amides is 2. The van der Waals surface area contributed by atoms with E-state index in [1.807, 2.05) is 30.3 Å². The molecule has 1 N–H and O–H groups in total. The van der Waals surface area contributed by atoms with Gasteiger partial charge in [0.15, 0.2) is 0 Å². The summed E-state index contributed by atoms with van der Waals surface area (Å²) >= 11 is 0. The molecule has 1 aliphatic rings. The normalized spacial score (nSPS) is 16.5. The van der Waals surface area contributed by atoms with E-state index >= 15 is 0 Å². The number of benzene rings is 1. The molecule has 1 saturated heterocycles. The van der Waals surface area contributed by atoms with Crippen molar-refractivity contribution in [2.75, 3.05) is 31.5 Å². The van der Waals surface area contributed by atoms with Crippen LogP contribution in [0.5, 0.6) is 0 Å². The summed E-state index contributed by atoms with van der Waals surface area (Å²) in [5, 5.41) is 2.99. The number of likely N-dealkylation sites (N-methyl/N-ethyl adjacent to an activating group) is 1. The van der Waals surface area contributed by atoms with Crippen molar-refractivity contribution in [1.29, 1.82) is 0 Å². The van der Waals surface area contributed by atoms with E-state index in [0.29, 0.717) is 24.8 Å². The standard InChI is InChI=1S/C23H29N5O3/c1-3-26(4-2)11-12-28-20-10-6-5-9-19(20)24-23(28)25-22(30)17-14-21(29)27(15-17)16-18-8-7-13-31-18/h5-10,13,17H,3-4,11-12,14-16H2,1-2H3,(H,24,25,30). The number of rotatable bonds is 9. The highest BCUT2D eigenvalue weighted by molar-refractivity contribution is 5.97. The molecule has 0 spiro atoms. The van der Waals surface area contributed by atoms with Crippen LogP contribution in [-0.4, -0.2) is 57.3 Å². The van der Waals surface area contributed by atoms with Crippen LogP contribution in [0, 0.1) is 5.92 Å². The second-order valence-corrected chi connectivity index (χ2v) is 7.85. The van der Waals surface area contributed by atoms with Gasteiger partial charge in [-0.25, -0.2) is 4.98 Å². The Morgan fingerprint density at radius 2 is 2.03 bits per heavy atom. The quantitative estimate of drug-likeness (QED) is 0.572. The van der Waals surface area contributed by atoms with Crippen LogP contribution in [-0.2, 0) is 22.7 Å². The summed E-state index contributed by atoms with van der Waals surface area (Å²) in [6.07, 6.45) is 1.79. The lowest BCUT2D eigenvalue weighted by Gasteiger charge is -2.19. The topological polar surface area (TPSA) is 83.6 Å². The van der Waals surface area contributed by atoms with Crippen LogP contribution in [0.1, 0.15) is 26.0 Å². The summed E-state index contributed by atoms with van der Waals surface area (Å²) in [4.78, 5) is 34.1. The molecule has 31 heavy (non-hydrogen) atoms. The number of nitrogens with zero attached hydrogens (tertiary/aromatic N) is 4. The maximum Gasteiger partial charge on any atom is 0.232 e. The fourth-order valence-electron chi connectivity index (χ4n) is 4.08. The largest absolute Gasteiger partial charge is 0.467 e. The van der Waals surface area contributed by atoms with Gasteiger partial charge in [0.25, 0.3) is 0 Å². The van der Waals surface area contributed by atoms with E-state index in [1.54, 1.807) is 17.2 Å². The Morgan fingerprint density at radius 1 is 1.23 bits per heavy atom. The third-order valence-corrected chi connectivity index (χ3v) is 5.94. The zero-order valence-electron chi connectivity index (χ0n) is 18.1. The first-order valence-electron chi connectivity index (χ1n) is 10.9. The van der Waals surface area contributed by atoms with Gasteiger partial charge in [0, 0.05) is 26.1 Å². The molecule has 0 saturated carbocycles. The molecule has 1 aromatic carbocycles. The first-order valence-corrected chi connectivity index (χ1v) is 10.9. The lowest BCUT2D eigenvalue weighted by molar-refractivity contribution is -0.128. The van der Waals surface area contributed by atoms with Crippen LogP contribution in [0.4, 0.5) is 5.95 Å². The van der Waals surface area contributed by atoms with E-state index in [0.717, 1.165) is 37.2 Å². The Bertz CT molecular complexity index is 1040. The summed E-state index contributed by atoms with van der Waals surface area (Å²) < 4.78 is 7.40. The minimum absolute atomic E-state index is 0.0356. The number of anilines is 1. The predicted molar refractivity (Wildman–Crippen MR) is 118 cm³/mol. The van der Waals surface area contributed by atoms with Gasteiger partial charge in [-0.2, -0.15) is 0 Å². The van der Waals surface area contributed by atoms with E-state index in [9.17, 15) is 9.59 Å². The third kappa shape index (κ3) is 4.64. The van der Waals surface area contributed by atoms with Crippen LogP contribution in [0.15, 0.2) is 47.1 Å². The molecule has 8 nitrogen and oxygen atoms in total. The number of nitrogens with one attached hydrogen (secondary N) is 1. The molecule has 0 aliphatic carbocycles. The number of aromatic nitrogens is 2. The average molecular weight is 424 g/mol. The number of imidazole rings is 1. The number of carbonyl (C=O) groups excluding carboxylic acids is 2. The lowest BCUT2D eigenvalue weighted by atomic mass is 10.1. The molecule has 0 radical (unpaired) electrons. The highest BCUT2D eigenvalue weighted by Crippen LogP contribution is 2.24. The number of fused-ring (bicyclic) bond motifs is 1. The average Bonchev–Trinajstić information content (AvgIpc) is 3.49. The van der Waals surface area contributed by atoms with Crippen molar-refractivity contribution >= 4 is 28.8 Å². The number of carbonyl (C=O) groups is 2. The van der Waals surface area contributed by atoms with Gasteiger partial charge < -0.3 is 18.8 Å². The first-order chi connectivity index (χ1) is 15.1. The summed E-state index contributed by atoms with van der Waals surface area (Å²) in [6, 6.07) is 11.5. The van der Waals surface area contributed by atoms with E-state index in [4.69, 9.17) is 4.42 Å². The zero-order valence-corrected chi connectivity index (χ0v) is 18.1. The van der Waals surface area contributed by atoms with Gasteiger partial charge in [0.05, 0.1) is 29.8 Å². The van der Waals surface area contributed by atoms with Crippen molar-refractivity contribution in [1.82, 2.24) is 19.4 Å². The molecule has 3 aromatic rings. The van der Waals surface area contributed by atoms with Crippen LogP contribution >= 0.6 is 0 Å².